The highest BCUT2D eigenvalue weighted by Gasteiger charge is 2.39. The Morgan fingerprint density at radius 3 is 2.55 bits per heavy atom. The zero-order valence-electron chi connectivity index (χ0n) is 11.7. The van der Waals surface area contributed by atoms with Gasteiger partial charge < -0.3 is 14.2 Å². The van der Waals surface area contributed by atoms with Crippen LogP contribution >= 0.6 is 0 Å². The fourth-order valence-corrected chi connectivity index (χ4v) is 2.90. The Balaban J connectivity index is 1.58. The van der Waals surface area contributed by atoms with Crippen LogP contribution < -0.4 is 4.74 Å². The molecule has 0 unspecified atom stereocenters. The predicted molar refractivity (Wildman–Crippen MR) is 72.1 cm³/mol. The van der Waals surface area contributed by atoms with Crippen molar-refractivity contribution in [2.75, 3.05) is 33.4 Å². The third-order valence-corrected chi connectivity index (χ3v) is 4.05. The van der Waals surface area contributed by atoms with Gasteiger partial charge in [0.25, 0.3) is 0 Å². The van der Waals surface area contributed by atoms with Gasteiger partial charge in [-0.05, 0) is 17.7 Å². The van der Waals surface area contributed by atoms with E-state index in [9.17, 15) is 4.39 Å². The number of nitrogens with zero attached hydrogens (tertiary/aromatic N) is 1. The van der Waals surface area contributed by atoms with E-state index in [1.54, 1.807) is 12.1 Å². The highest BCUT2D eigenvalue weighted by molar-refractivity contribution is 5.29. The van der Waals surface area contributed by atoms with Crippen molar-refractivity contribution in [3.05, 3.63) is 29.6 Å². The molecule has 0 atom stereocenters. The number of ether oxygens (including phenoxy) is 3. The molecule has 2 fully saturated rings. The van der Waals surface area contributed by atoms with Crippen molar-refractivity contribution in [2.24, 2.45) is 0 Å². The number of likely N-dealkylation sites (tertiary alicyclic amines) is 1. The van der Waals surface area contributed by atoms with Crippen LogP contribution in [0, 0.1) is 5.82 Å². The van der Waals surface area contributed by atoms with Gasteiger partial charge in [-0.3, -0.25) is 4.90 Å². The lowest BCUT2D eigenvalue weighted by Crippen LogP contribution is -2.44. The maximum Gasteiger partial charge on any atom is 0.170 e. The third-order valence-electron chi connectivity index (χ3n) is 4.05. The zero-order valence-corrected chi connectivity index (χ0v) is 11.7. The van der Waals surface area contributed by atoms with Gasteiger partial charge in [-0.1, -0.05) is 6.07 Å². The lowest BCUT2D eigenvalue weighted by molar-refractivity contribution is -0.185. The quantitative estimate of drug-likeness (QED) is 0.849. The van der Waals surface area contributed by atoms with Gasteiger partial charge in [0, 0.05) is 32.5 Å². The van der Waals surface area contributed by atoms with Crippen molar-refractivity contribution in [3.63, 3.8) is 0 Å². The number of benzene rings is 1. The molecular weight excluding hydrogens is 261 g/mol. The molecule has 0 saturated carbocycles. The Morgan fingerprint density at radius 2 is 1.95 bits per heavy atom. The summed E-state index contributed by atoms with van der Waals surface area (Å²) in [7, 11) is 1.48. The summed E-state index contributed by atoms with van der Waals surface area (Å²) in [5, 5.41) is 0. The number of hydrogen-bond donors (Lipinski definition) is 0. The molecule has 5 heteroatoms. The fraction of sp³-hybridized carbons (Fsp3) is 0.600. The van der Waals surface area contributed by atoms with Crippen LogP contribution in [0.4, 0.5) is 4.39 Å². The summed E-state index contributed by atoms with van der Waals surface area (Å²) >= 11 is 0. The third kappa shape index (κ3) is 2.80. The summed E-state index contributed by atoms with van der Waals surface area (Å²) in [6.45, 7) is 3.96. The van der Waals surface area contributed by atoms with Crippen LogP contribution in [0.2, 0.25) is 0 Å². The minimum Gasteiger partial charge on any atom is -0.494 e. The van der Waals surface area contributed by atoms with E-state index in [0.29, 0.717) is 19.0 Å². The molecule has 1 spiro atoms. The molecule has 0 amide bonds. The second-order valence-electron chi connectivity index (χ2n) is 5.35. The van der Waals surface area contributed by atoms with Crippen molar-refractivity contribution in [2.45, 2.75) is 25.2 Å². The van der Waals surface area contributed by atoms with Crippen LogP contribution in [-0.4, -0.2) is 44.1 Å². The Morgan fingerprint density at radius 1 is 1.25 bits per heavy atom. The predicted octanol–water partition coefficient (Wildman–Crippen LogP) is 2.17. The summed E-state index contributed by atoms with van der Waals surface area (Å²) in [6, 6.07) is 5.14. The van der Waals surface area contributed by atoms with Gasteiger partial charge in [-0.15, -0.1) is 0 Å². The molecular formula is C15H20FNO3. The first-order chi connectivity index (χ1) is 9.71. The summed E-state index contributed by atoms with van der Waals surface area (Å²) in [4.78, 5) is 2.30. The highest BCUT2D eigenvalue weighted by Crippen LogP contribution is 2.31. The Hall–Kier alpha value is -1.17. The fourth-order valence-electron chi connectivity index (χ4n) is 2.90. The van der Waals surface area contributed by atoms with Crippen molar-refractivity contribution >= 4 is 0 Å². The van der Waals surface area contributed by atoms with Crippen molar-refractivity contribution in [3.8, 4) is 5.75 Å². The van der Waals surface area contributed by atoms with E-state index < -0.39 is 0 Å². The van der Waals surface area contributed by atoms with Crippen molar-refractivity contribution in [1.82, 2.24) is 4.90 Å². The molecule has 0 aromatic heterocycles. The lowest BCUT2D eigenvalue weighted by atomic mass is 10.0. The molecule has 4 nitrogen and oxygen atoms in total. The van der Waals surface area contributed by atoms with E-state index in [4.69, 9.17) is 14.2 Å². The number of hydrogen-bond acceptors (Lipinski definition) is 4. The van der Waals surface area contributed by atoms with E-state index in [1.807, 2.05) is 6.07 Å². The van der Waals surface area contributed by atoms with Crippen molar-refractivity contribution < 1.29 is 18.6 Å². The summed E-state index contributed by atoms with van der Waals surface area (Å²) in [5.74, 6) is -0.359. The van der Waals surface area contributed by atoms with Crippen LogP contribution in [0.25, 0.3) is 0 Å². The SMILES string of the molecule is COc1ccc(CN2CCC3(CC2)OCCO3)cc1F. The molecule has 0 bridgehead atoms. The summed E-state index contributed by atoms with van der Waals surface area (Å²) < 4.78 is 30.0. The van der Waals surface area contributed by atoms with E-state index in [1.165, 1.54) is 7.11 Å². The van der Waals surface area contributed by atoms with Crippen LogP contribution in [-0.2, 0) is 16.0 Å². The summed E-state index contributed by atoms with van der Waals surface area (Å²) in [5.41, 5.74) is 0.965. The maximum atomic E-state index is 13.7. The molecule has 0 radical (unpaired) electrons. The van der Waals surface area contributed by atoms with Crippen LogP contribution in [0.15, 0.2) is 18.2 Å². The van der Waals surface area contributed by atoms with Gasteiger partial charge in [-0.2, -0.15) is 0 Å². The van der Waals surface area contributed by atoms with Crippen LogP contribution in [0.5, 0.6) is 5.75 Å². The largest absolute Gasteiger partial charge is 0.494 e. The van der Waals surface area contributed by atoms with Crippen LogP contribution in [0.1, 0.15) is 18.4 Å². The van der Waals surface area contributed by atoms with E-state index in [-0.39, 0.29) is 11.6 Å². The number of methoxy groups -OCH3 is 1. The molecule has 2 aliphatic heterocycles. The molecule has 1 aromatic carbocycles. The monoisotopic (exact) mass is 281 g/mol. The molecule has 110 valence electrons. The maximum absolute atomic E-state index is 13.7. The Kier molecular flexibility index (Phi) is 3.92. The molecule has 0 N–H and O–H groups in total. The van der Waals surface area contributed by atoms with Gasteiger partial charge in [0.15, 0.2) is 17.4 Å². The second kappa shape index (κ2) is 5.68. The molecule has 20 heavy (non-hydrogen) atoms. The highest BCUT2D eigenvalue weighted by atomic mass is 19.1. The zero-order chi connectivity index (χ0) is 14.0. The molecule has 2 aliphatic rings. The normalized spacial score (nSPS) is 22.3. The first-order valence-electron chi connectivity index (χ1n) is 7.03. The number of rotatable bonds is 3. The average molecular weight is 281 g/mol. The van der Waals surface area contributed by atoms with Crippen molar-refractivity contribution in [1.29, 1.82) is 0 Å². The summed E-state index contributed by atoms with van der Waals surface area (Å²) in [6.07, 6.45) is 1.76. The second-order valence-corrected chi connectivity index (χ2v) is 5.35. The number of halogens is 1. The standard InChI is InChI=1S/C15H20FNO3/c1-18-14-3-2-12(10-13(14)16)11-17-6-4-15(5-7-17)19-8-9-20-15/h2-3,10H,4-9,11H2,1H3. The molecule has 3 rings (SSSR count). The Labute approximate surface area is 118 Å². The first kappa shape index (κ1) is 13.8. The van der Waals surface area contributed by atoms with Gasteiger partial charge in [0.05, 0.1) is 20.3 Å². The smallest absolute Gasteiger partial charge is 0.170 e. The van der Waals surface area contributed by atoms with Gasteiger partial charge in [-0.25, -0.2) is 4.39 Å². The van der Waals surface area contributed by atoms with E-state index in [2.05, 4.69) is 4.90 Å². The number of piperidine rings is 1. The molecule has 0 aliphatic carbocycles. The van der Waals surface area contributed by atoms with E-state index >= 15 is 0 Å². The first-order valence-corrected chi connectivity index (χ1v) is 7.03. The molecule has 2 heterocycles. The topological polar surface area (TPSA) is 30.9 Å². The van der Waals surface area contributed by atoms with Gasteiger partial charge in [0.1, 0.15) is 0 Å². The molecule has 1 aromatic rings. The van der Waals surface area contributed by atoms with E-state index in [0.717, 1.165) is 38.0 Å². The van der Waals surface area contributed by atoms with Crippen LogP contribution in [0.3, 0.4) is 0 Å². The average Bonchev–Trinajstić information content (AvgIpc) is 2.90. The lowest BCUT2D eigenvalue weighted by Gasteiger charge is -2.37. The Bertz CT molecular complexity index is 464. The molecule has 2 saturated heterocycles. The van der Waals surface area contributed by atoms with Gasteiger partial charge in [0.2, 0.25) is 0 Å². The minimum absolute atomic E-state index is 0.291. The minimum atomic E-state index is -0.346. The van der Waals surface area contributed by atoms with Gasteiger partial charge >= 0.3 is 0 Å².